The molecule has 1 aliphatic heterocycles. The van der Waals surface area contributed by atoms with E-state index in [0.717, 1.165) is 0 Å². The third-order valence-electron chi connectivity index (χ3n) is 1.56. The van der Waals surface area contributed by atoms with Gasteiger partial charge in [-0.2, -0.15) is 0 Å². The molecular formula is C5H10O6. The topological polar surface area (TPSA) is 110 Å². The van der Waals surface area contributed by atoms with Crippen LogP contribution >= 0.6 is 0 Å². The quantitative estimate of drug-likeness (QED) is 0.258. The summed E-state index contributed by atoms with van der Waals surface area (Å²) < 4.78 is 4.23. The molecule has 11 heavy (non-hydrogen) atoms. The minimum Gasteiger partial charge on any atom is -0.387 e. The van der Waals surface area contributed by atoms with E-state index in [-0.39, 0.29) is 0 Å². The first-order chi connectivity index (χ1) is 5.04. The zero-order chi connectivity index (χ0) is 8.59. The van der Waals surface area contributed by atoms with Crippen molar-refractivity contribution in [3.8, 4) is 0 Å². The van der Waals surface area contributed by atoms with E-state index in [9.17, 15) is 0 Å². The minimum atomic E-state index is -1.66. The largest absolute Gasteiger partial charge is 0.387 e. The van der Waals surface area contributed by atoms with Crippen LogP contribution in [0.5, 0.6) is 0 Å². The average molecular weight is 166 g/mol. The molecule has 1 fully saturated rings. The lowest BCUT2D eigenvalue weighted by Gasteiger charge is -2.35. The number of aliphatic hydroxyl groups is 5. The van der Waals surface area contributed by atoms with E-state index in [1.54, 1.807) is 0 Å². The first-order valence-electron chi connectivity index (χ1n) is 3.10. The molecule has 6 heteroatoms. The van der Waals surface area contributed by atoms with E-state index in [2.05, 4.69) is 4.74 Å². The van der Waals surface area contributed by atoms with Crippen LogP contribution in [0.25, 0.3) is 0 Å². The van der Waals surface area contributed by atoms with Crippen LogP contribution in [0.1, 0.15) is 0 Å². The summed E-state index contributed by atoms with van der Waals surface area (Å²) in [6.07, 6.45) is -8.10. The van der Waals surface area contributed by atoms with Crippen LogP contribution in [0.4, 0.5) is 0 Å². The molecule has 66 valence electrons. The third kappa shape index (κ3) is 1.51. The Morgan fingerprint density at radius 3 is 1.36 bits per heavy atom. The molecule has 6 nitrogen and oxygen atoms in total. The first-order valence-corrected chi connectivity index (χ1v) is 3.10. The van der Waals surface area contributed by atoms with Crippen molar-refractivity contribution in [2.75, 3.05) is 0 Å². The predicted octanol–water partition coefficient (Wildman–Crippen LogP) is -3.26. The summed E-state index contributed by atoms with van der Waals surface area (Å²) in [6, 6.07) is 0. The summed E-state index contributed by atoms with van der Waals surface area (Å²) in [5, 5.41) is 44.0. The highest BCUT2D eigenvalue weighted by molar-refractivity contribution is 4.83. The molecule has 1 heterocycles. The Hall–Kier alpha value is -0.240. The van der Waals surface area contributed by atoms with Gasteiger partial charge in [-0.15, -0.1) is 0 Å². The van der Waals surface area contributed by atoms with Gasteiger partial charge >= 0.3 is 0 Å². The van der Waals surface area contributed by atoms with Gasteiger partial charge in [0.05, 0.1) is 0 Å². The van der Waals surface area contributed by atoms with Crippen LogP contribution in [-0.2, 0) is 4.74 Å². The summed E-state index contributed by atoms with van der Waals surface area (Å²) in [6.45, 7) is 0. The average Bonchev–Trinajstić information content (AvgIpc) is 1.97. The zero-order valence-electron chi connectivity index (χ0n) is 5.53. The Bertz CT molecular complexity index is 125. The molecule has 5 N–H and O–H groups in total. The molecule has 0 aliphatic carbocycles. The monoisotopic (exact) mass is 166 g/mol. The van der Waals surface area contributed by atoms with Crippen LogP contribution in [-0.4, -0.2) is 56.4 Å². The van der Waals surface area contributed by atoms with Crippen LogP contribution in [0, 0.1) is 0 Å². The van der Waals surface area contributed by atoms with Gasteiger partial charge in [0.15, 0.2) is 12.6 Å². The lowest BCUT2D eigenvalue weighted by molar-refractivity contribution is -0.328. The van der Waals surface area contributed by atoms with Gasteiger partial charge in [-0.05, 0) is 0 Å². The third-order valence-corrected chi connectivity index (χ3v) is 1.56. The van der Waals surface area contributed by atoms with Gasteiger partial charge in [-0.3, -0.25) is 0 Å². The second-order valence-electron chi connectivity index (χ2n) is 2.39. The van der Waals surface area contributed by atoms with Crippen molar-refractivity contribution < 1.29 is 30.3 Å². The molecule has 1 saturated heterocycles. The second-order valence-corrected chi connectivity index (χ2v) is 2.39. The van der Waals surface area contributed by atoms with Crippen molar-refractivity contribution in [3.05, 3.63) is 0 Å². The van der Waals surface area contributed by atoms with Crippen molar-refractivity contribution in [2.45, 2.75) is 30.9 Å². The van der Waals surface area contributed by atoms with E-state index >= 15 is 0 Å². The number of ether oxygens (including phenoxy) is 1. The Kier molecular flexibility index (Phi) is 2.43. The van der Waals surface area contributed by atoms with Crippen molar-refractivity contribution in [3.63, 3.8) is 0 Å². The maximum Gasteiger partial charge on any atom is 0.186 e. The molecule has 1 aliphatic rings. The second kappa shape index (κ2) is 3.02. The molecular weight excluding hydrogens is 156 g/mol. The lowest BCUT2D eigenvalue weighted by Crippen LogP contribution is -2.57. The molecule has 0 saturated carbocycles. The van der Waals surface area contributed by atoms with Gasteiger partial charge in [0.1, 0.15) is 18.3 Å². The Morgan fingerprint density at radius 1 is 0.636 bits per heavy atom. The molecule has 5 atom stereocenters. The number of hydrogen-bond donors (Lipinski definition) is 5. The summed E-state index contributed by atoms with van der Waals surface area (Å²) in [5.74, 6) is 0. The number of rotatable bonds is 0. The summed E-state index contributed by atoms with van der Waals surface area (Å²) in [5.41, 5.74) is 0. The Labute approximate surface area is 62.3 Å². The lowest BCUT2D eigenvalue weighted by atomic mass is 10.0. The predicted molar refractivity (Wildman–Crippen MR) is 31.1 cm³/mol. The van der Waals surface area contributed by atoms with Gasteiger partial charge in [0.2, 0.25) is 0 Å². The molecule has 0 bridgehead atoms. The number of hydrogen-bond acceptors (Lipinski definition) is 6. The Balaban J connectivity index is 2.63. The maximum atomic E-state index is 8.89. The number of aliphatic hydroxyl groups excluding tert-OH is 5. The van der Waals surface area contributed by atoms with E-state index in [1.807, 2.05) is 0 Å². The minimum absolute atomic E-state index is 1.59. The molecule has 0 aromatic rings. The van der Waals surface area contributed by atoms with E-state index < -0.39 is 30.9 Å². The highest BCUT2D eigenvalue weighted by Gasteiger charge is 2.42. The van der Waals surface area contributed by atoms with Crippen LogP contribution in [0.15, 0.2) is 0 Å². The van der Waals surface area contributed by atoms with Gasteiger partial charge in [0, 0.05) is 0 Å². The van der Waals surface area contributed by atoms with Gasteiger partial charge in [0.25, 0.3) is 0 Å². The van der Waals surface area contributed by atoms with Crippen molar-refractivity contribution >= 4 is 0 Å². The van der Waals surface area contributed by atoms with Crippen LogP contribution in [0.2, 0.25) is 0 Å². The van der Waals surface area contributed by atoms with E-state index in [4.69, 9.17) is 25.5 Å². The van der Waals surface area contributed by atoms with Gasteiger partial charge < -0.3 is 30.3 Å². The zero-order valence-corrected chi connectivity index (χ0v) is 5.53. The molecule has 0 aromatic carbocycles. The van der Waals surface area contributed by atoms with Crippen LogP contribution in [0.3, 0.4) is 0 Å². The first kappa shape index (κ1) is 8.85. The maximum absolute atomic E-state index is 8.89. The summed E-state index contributed by atoms with van der Waals surface area (Å²) in [4.78, 5) is 0. The fourth-order valence-electron chi connectivity index (χ4n) is 0.843. The summed E-state index contributed by atoms with van der Waals surface area (Å²) >= 11 is 0. The van der Waals surface area contributed by atoms with Crippen LogP contribution < -0.4 is 0 Å². The Morgan fingerprint density at radius 2 is 1.00 bits per heavy atom. The van der Waals surface area contributed by atoms with E-state index in [1.165, 1.54) is 0 Å². The smallest absolute Gasteiger partial charge is 0.186 e. The molecule has 0 amide bonds. The van der Waals surface area contributed by atoms with Crippen molar-refractivity contribution in [1.82, 2.24) is 0 Å². The molecule has 0 aromatic heterocycles. The molecule has 0 radical (unpaired) electrons. The standard InChI is InChI=1S/C5H10O6/c6-1-2(7)4(9)11-5(10)3(1)8/h1-10H/t1?,2-,3?,4?,5-/m0/s1. The fourth-order valence-corrected chi connectivity index (χ4v) is 0.843. The highest BCUT2D eigenvalue weighted by Crippen LogP contribution is 2.17. The molecule has 1 rings (SSSR count). The van der Waals surface area contributed by atoms with Crippen molar-refractivity contribution in [2.24, 2.45) is 0 Å². The highest BCUT2D eigenvalue weighted by atomic mass is 16.7. The SMILES string of the molecule is OC1O[C@H](O)C(O)C(O)[C@@H]1O. The van der Waals surface area contributed by atoms with Gasteiger partial charge in [-0.25, -0.2) is 0 Å². The van der Waals surface area contributed by atoms with E-state index in [0.29, 0.717) is 0 Å². The normalized spacial score (nSPS) is 52.6. The molecule has 3 unspecified atom stereocenters. The fraction of sp³-hybridized carbons (Fsp3) is 1.00. The van der Waals surface area contributed by atoms with Crippen molar-refractivity contribution in [1.29, 1.82) is 0 Å². The molecule has 0 spiro atoms. The summed E-state index contributed by atoms with van der Waals surface area (Å²) in [7, 11) is 0. The van der Waals surface area contributed by atoms with Gasteiger partial charge in [-0.1, -0.05) is 0 Å².